The highest BCUT2D eigenvalue weighted by molar-refractivity contribution is 8.02. The Bertz CT molecular complexity index is 241. The Hall–Kier alpha value is -0.390. The van der Waals surface area contributed by atoms with Crippen LogP contribution in [0.25, 0.3) is 0 Å². The SMILES string of the molecule is CCS/C=C/C#CC1(O)CCCCC1. The molecule has 1 fully saturated rings. The first-order valence-electron chi connectivity index (χ1n) is 5.28. The second-order valence-electron chi connectivity index (χ2n) is 3.62. The van der Waals surface area contributed by atoms with E-state index >= 15 is 0 Å². The molecule has 1 saturated carbocycles. The lowest BCUT2D eigenvalue weighted by molar-refractivity contribution is 0.0610. The van der Waals surface area contributed by atoms with Crippen LogP contribution in [0.5, 0.6) is 0 Å². The van der Waals surface area contributed by atoms with E-state index in [9.17, 15) is 5.11 Å². The molecule has 0 bridgehead atoms. The highest BCUT2D eigenvalue weighted by Crippen LogP contribution is 2.27. The Labute approximate surface area is 91.0 Å². The van der Waals surface area contributed by atoms with Crippen molar-refractivity contribution in [3.05, 3.63) is 11.5 Å². The number of aliphatic hydroxyl groups is 1. The zero-order valence-electron chi connectivity index (χ0n) is 8.75. The molecule has 0 atom stereocenters. The van der Waals surface area contributed by atoms with E-state index in [1.54, 1.807) is 11.8 Å². The van der Waals surface area contributed by atoms with Crippen molar-refractivity contribution >= 4 is 11.8 Å². The lowest BCUT2D eigenvalue weighted by Crippen LogP contribution is -2.29. The van der Waals surface area contributed by atoms with Gasteiger partial charge in [-0.3, -0.25) is 0 Å². The van der Waals surface area contributed by atoms with Gasteiger partial charge in [0.1, 0.15) is 5.60 Å². The number of hydrogen-bond donors (Lipinski definition) is 1. The van der Waals surface area contributed by atoms with Gasteiger partial charge in [0.2, 0.25) is 0 Å². The first-order valence-corrected chi connectivity index (χ1v) is 6.33. The maximum Gasteiger partial charge on any atom is 0.125 e. The molecule has 0 radical (unpaired) electrons. The van der Waals surface area contributed by atoms with Crippen LogP contribution >= 0.6 is 11.8 Å². The van der Waals surface area contributed by atoms with Crippen molar-refractivity contribution in [1.82, 2.24) is 0 Å². The van der Waals surface area contributed by atoms with Gasteiger partial charge in [0.15, 0.2) is 0 Å². The molecule has 0 saturated heterocycles. The van der Waals surface area contributed by atoms with Crippen molar-refractivity contribution in [2.24, 2.45) is 0 Å². The topological polar surface area (TPSA) is 20.2 Å². The second kappa shape index (κ2) is 6.16. The highest BCUT2D eigenvalue weighted by Gasteiger charge is 2.26. The molecule has 0 heterocycles. The lowest BCUT2D eigenvalue weighted by atomic mass is 9.85. The van der Waals surface area contributed by atoms with Gasteiger partial charge in [-0.25, -0.2) is 0 Å². The minimum Gasteiger partial charge on any atom is -0.378 e. The Kier molecular flexibility index (Phi) is 5.14. The molecule has 1 N–H and O–H groups in total. The molecule has 0 aromatic carbocycles. The Morgan fingerprint density at radius 1 is 1.36 bits per heavy atom. The molecule has 2 heteroatoms. The second-order valence-corrected chi connectivity index (χ2v) is 4.80. The molecule has 14 heavy (non-hydrogen) atoms. The smallest absolute Gasteiger partial charge is 0.125 e. The van der Waals surface area contributed by atoms with Gasteiger partial charge in [-0.15, -0.1) is 11.8 Å². The zero-order chi connectivity index (χ0) is 10.3. The van der Waals surface area contributed by atoms with E-state index in [-0.39, 0.29) is 0 Å². The monoisotopic (exact) mass is 210 g/mol. The van der Waals surface area contributed by atoms with Crippen molar-refractivity contribution < 1.29 is 5.11 Å². The molecule has 1 rings (SSSR count). The van der Waals surface area contributed by atoms with E-state index in [0.717, 1.165) is 31.4 Å². The quantitative estimate of drug-likeness (QED) is 0.707. The number of thioether (sulfide) groups is 1. The summed E-state index contributed by atoms with van der Waals surface area (Å²) in [7, 11) is 0. The minimum atomic E-state index is -0.695. The third-order valence-corrected chi connectivity index (χ3v) is 3.06. The van der Waals surface area contributed by atoms with Crippen molar-refractivity contribution in [2.45, 2.75) is 44.6 Å². The van der Waals surface area contributed by atoms with Crippen LogP contribution in [0.2, 0.25) is 0 Å². The summed E-state index contributed by atoms with van der Waals surface area (Å²) in [5.41, 5.74) is -0.695. The van der Waals surface area contributed by atoms with E-state index in [4.69, 9.17) is 0 Å². The Balaban J connectivity index is 2.39. The van der Waals surface area contributed by atoms with Crippen molar-refractivity contribution in [3.63, 3.8) is 0 Å². The van der Waals surface area contributed by atoms with Crippen LogP contribution in [-0.2, 0) is 0 Å². The van der Waals surface area contributed by atoms with Gasteiger partial charge in [0, 0.05) is 0 Å². The van der Waals surface area contributed by atoms with Crippen LogP contribution in [0.15, 0.2) is 11.5 Å². The molecule has 0 amide bonds. The molecule has 1 aliphatic rings. The van der Waals surface area contributed by atoms with Crippen LogP contribution in [0, 0.1) is 11.8 Å². The maximum atomic E-state index is 10.0. The van der Waals surface area contributed by atoms with Crippen LogP contribution in [0.1, 0.15) is 39.0 Å². The molecular formula is C12H18OS. The molecule has 0 spiro atoms. The van der Waals surface area contributed by atoms with Gasteiger partial charge in [-0.1, -0.05) is 25.2 Å². The predicted molar refractivity (Wildman–Crippen MR) is 63.1 cm³/mol. The first kappa shape index (κ1) is 11.7. The van der Waals surface area contributed by atoms with E-state index in [1.165, 1.54) is 6.42 Å². The molecule has 0 aromatic heterocycles. The van der Waals surface area contributed by atoms with Crippen LogP contribution in [-0.4, -0.2) is 16.5 Å². The fraction of sp³-hybridized carbons (Fsp3) is 0.667. The summed E-state index contributed by atoms with van der Waals surface area (Å²) < 4.78 is 0. The van der Waals surface area contributed by atoms with Crippen molar-refractivity contribution in [2.75, 3.05) is 5.75 Å². The summed E-state index contributed by atoms with van der Waals surface area (Å²) in [6, 6.07) is 0. The van der Waals surface area contributed by atoms with Gasteiger partial charge in [0.05, 0.1) is 0 Å². The fourth-order valence-electron chi connectivity index (χ4n) is 1.62. The Morgan fingerprint density at radius 3 is 2.71 bits per heavy atom. The largest absolute Gasteiger partial charge is 0.378 e. The summed E-state index contributed by atoms with van der Waals surface area (Å²) in [5, 5.41) is 12.0. The average Bonchev–Trinajstić information content (AvgIpc) is 2.18. The number of hydrogen-bond acceptors (Lipinski definition) is 2. The molecule has 1 nitrogen and oxygen atoms in total. The van der Waals surface area contributed by atoms with Crippen LogP contribution in [0.3, 0.4) is 0 Å². The molecule has 0 unspecified atom stereocenters. The number of allylic oxidation sites excluding steroid dienone is 1. The van der Waals surface area contributed by atoms with Crippen molar-refractivity contribution in [1.29, 1.82) is 0 Å². The van der Waals surface area contributed by atoms with E-state index in [0.29, 0.717) is 0 Å². The lowest BCUT2D eigenvalue weighted by Gasteiger charge is -2.26. The normalized spacial score (nSPS) is 20.4. The zero-order valence-corrected chi connectivity index (χ0v) is 9.57. The highest BCUT2D eigenvalue weighted by atomic mass is 32.2. The summed E-state index contributed by atoms with van der Waals surface area (Å²) >= 11 is 1.73. The van der Waals surface area contributed by atoms with Crippen LogP contribution < -0.4 is 0 Å². The third-order valence-electron chi connectivity index (χ3n) is 2.40. The summed E-state index contributed by atoms with van der Waals surface area (Å²) in [6.07, 6.45) is 6.98. The molecular weight excluding hydrogens is 192 g/mol. The summed E-state index contributed by atoms with van der Waals surface area (Å²) in [5.74, 6) is 6.96. The summed E-state index contributed by atoms with van der Waals surface area (Å²) in [4.78, 5) is 0. The third kappa shape index (κ3) is 4.21. The predicted octanol–water partition coefficient (Wildman–Crippen LogP) is 2.95. The van der Waals surface area contributed by atoms with Gasteiger partial charge < -0.3 is 5.11 Å². The van der Waals surface area contributed by atoms with E-state index in [2.05, 4.69) is 18.8 Å². The van der Waals surface area contributed by atoms with Gasteiger partial charge in [-0.2, -0.15) is 0 Å². The Morgan fingerprint density at radius 2 is 2.07 bits per heavy atom. The molecule has 1 aliphatic carbocycles. The van der Waals surface area contributed by atoms with E-state index < -0.39 is 5.60 Å². The van der Waals surface area contributed by atoms with Gasteiger partial charge in [0.25, 0.3) is 0 Å². The molecule has 78 valence electrons. The fourth-order valence-corrected chi connectivity index (χ4v) is 1.97. The minimum absolute atomic E-state index is 0.695. The maximum absolute atomic E-state index is 10.0. The standard InChI is InChI=1S/C12H18OS/c1-2-14-11-7-6-10-12(13)8-4-3-5-9-12/h7,11,13H,2-5,8-9H2,1H3/b11-7+. The number of rotatable bonds is 2. The molecule has 0 aliphatic heterocycles. The first-order chi connectivity index (χ1) is 6.77. The average molecular weight is 210 g/mol. The van der Waals surface area contributed by atoms with Crippen molar-refractivity contribution in [3.8, 4) is 11.8 Å². The van der Waals surface area contributed by atoms with Gasteiger partial charge >= 0.3 is 0 Å². The van der Waals surface area contributed by atoms with Gasteiger partial charge in [-0.05, 0) is 42.9 Å². The summed E-state index contributed by atoms with van der Waals surface area (Å²) in [6.45, 7) is 2.11. The van der Waals surface area contributed by atoms with Crippen LogP contribution in [0.4, 0.5) is 0 Å². The van der Waals surface area contributed by atoms with E-state index in [1.807, 2.05) is 11.5 Å². The molecule has 0 aromatic rings.